The maximum atomic E-state index is 12.2. The van der Waals surface area contributed by atoms with Crippen LogP contribution in [-0.2, 0) is 28.5 Å². The molecule has 6 aliphatic rings. The zero-order chi connectivity index (χ0) is 33.6. The summed E-state index contributed by atoms with van der Waals surface area (Å²) in [5, 5.41) is 43.9. The molecular formula is C36H56O10. The second-order valence-electron chi connectivity index (χ2n) is 16.8. The van der Waals surface area contributed by atoms with Crippen molar-refractivity contribution in [2.45, 2.75) is 149 Å². The molecule has 5 aliphatic carbocycles. The Morgan fingerprint density at radius 1 is 0.913 bits per heavy atom. The lowest BCUT2D eigenvalue weighted by Crippen LogP contribution is -2.68. The SMILES string of the molecule is CC(=O)OC[C@@H]1O[C@@H](O[C@H]2C[C@@H]3C(C)(C)[C@H](OC(C)=O)CC[C@]3(C)[C@@H]3CC[C@]45C[C@H](O)C[C@H](C)[C@H]4CC=C5[C@@]23C)[C@H](O)[C@@H](O)[C@@H]1O. The Hall–Kier alpha value is -1.56. The Morgan fingerprint density at radius 3 is 2.30 bits per heavy atom. The minimum atomic E-state index is -1.56. The van der Waals surface area contributed by atoms with E-state index in [2.05, 4.69) is 40.7 Å². The van der Waals surface area contributed by atoms with E-state index in [9.17, 15) is 30.0 Å². The average Bonchev–Trinajstić information content (AvgIpc) is 3.36. The second-order valence-corrected chi connectivity index (χ2v) is 16.8. The normalized spacial score (nSPS) is 51.1. The van der Waals surface area contributed by atoms with Gasteiger partial charge < -0.3 is 39.4 Å². The van der Waals surface area contributed by atoms with Gasteiger partial charge in [-0.15, -0.1) is 0 Å². The van der Waals surface area contributed by atoms with Crippen molar-refractivity contribution in [1.29, 1.82) is 0 Å². The third-order valence-corrected chi connectivity index (χ3v) is 14.0. The predicted octanol–water partition coefficient (Wildman–Crippen LogP) is 3.66. The van der Waals surface area contributed by atoms with Crippen LogP contribution < -0.4 is 0 Å². The summed E-state index contributed by atoms with van der Waals surface area (Å²) < 4.78 is 24.1. The molecule has 0 aromatic carbocycles. The fraction of sp³-hybridized carbons (Fsp3) is 0.889. The lowest BCUT2D eigenvalue weighted by molar-refractivity contribution is -0.335. The first kappa shape index (κ1) is 34.3. The molecule has 0 amide bonds. The van der Waals surface area contributed by atoms with Gasteiger partial charge in [0.25, 0.3) is 0 Å². The van der Waals surface area contributed by atoms with Gasteiger partial charge in [-0.25, -0.2) is 0 Å². The van der Waals surface area contributed by atoms with E-state index in [1.807, 2.05) is 0 Å². The van der Waals surface area contributed by atoms with Crippen LogP contribution in [-0.4, -0.2) is 88.0 Å². The Balaban J connectivity index is 1.41. The quantitative estimate of drug-likeness (QED) is 0.198. The van der Waals surface area contributed by atoms with Gasteiger partial charge in [0, 0.05) is 24.7 Å². The highest BCUT2D eigenvalue weighted by Crippen LogP contribution is 2.75. The Labute approximate surface area is 273 Å². The van der Waals surface area contributed by atoms with Crippen LogP contribution in [0.5, 0.6) is 0 Å². The van der Waals surface area contributed by atoms with Crippen LogP contribution in [0, 0.1) is 45.3 Å². The standard InChI is InChI=1S/C36H56O10/c1-18-14-21(39)16-36-13-10-24-34(6)12-11-27(44-20(3)38)33(4,5)26(34)15-28(35(24,7)25(36)9-8-22(18)36)46-32-31(42)30(41)29(40)23(45-32)17-43-19(2)37/h9,18,21-24,26-32,39-42H,8,10-17H2,1-7H3/t18-,21+,22+,23-,24-,26+,27+,28-,29+,30-,31+,32-,34+,35-,36-/m0/s1. The first-order valence-corrected chi connectivity index (χ1v) is 17.5. The van der Waals surface area contributed by atoms with Gasteiger partial charge >= 0.3 is 11.9 Å². The maximum absolute atomic E-state index is 12.2. The molecule has 0 radical (unpaired) electrons. The molecule has 0 aromatic heterocycles. The number of aliphatic hydroxyl groups excluding tert-OH is 4. The average molecular weight is 649 g/mol. The molecule has 1 spiro atoms. The van der Waals surface area contributed by atoms with Gasteiger partial charge in [0.15, 0.2) is 6.29 Å². The van der Waals surface area contributed by atoms with Crippen LogP contribution in [0.1, 0.15) is 99.8 Å². The molecule has 0 bridgehead atoms. The molecule has 10 nitrogen and oxygen atoms in total. The highest BCUT2D eigenvalue weighted by molar-refractivity contribution is 5.66. The number of allylic oxidation sites excluding steroid dienone is 1. The molecule has 4 saturated carbocycles. The Bertz CT molecular complexity index is 1230. The summed E-state index contributed by atoms with van der Waals surface area (Å²) in [6.07, 6.45) is 1.29. The minimum absolute atomic E-state index is 0.0895. The summed E-state index contributed by atoms with van der Waals surface area (Å²) in [5.41, 5.74) is 0.317. The summed E-state index contributed by atoms with van der Waals surface area (Å²) in [4.78, 5) is 23.7. The number of carbonyl (C=O) groups is 2. The third-order valence-electron chi connectivity index (χ3n) is 14.0. The smallest absolute Gasteiger partial charge is 0.302 e. The molecule has 1 aliphatic heterocycles. The van der Waals surface area contributed by atoms with Gasteiger partial charge in [-0.2, -0.15) is 0 Å². The van der Waals surface area contributed by atoms with Crippen molar-refractivity contribution >= 4 is 11.9 Å². The monoisotopic (exact) mass is 648 g/mol. The van der Waals surface area contributed by atoms with Crippen LogP contribution in [0.2, 0.25) is 0 Å². The van der Waals surface area contributed by atoms with E-state index in [0.29, 0.717) is 18.3 Å². The lowest BCUT2D eigenvalue weighted by atomic mass is 9.36. The van der Waals surface area contributed by atoms with E-state index in [-0.39, 0.29) is 52.9 Å². The molecular weight excluding hydrogens is 592 g/mol. The molecule has 10 heteroatoms. The topological polar surface area (TPSA) is 152 Å². The maximum Gasteiger partial charge on any atom is 0.302 e. The lowest BCUT2D eigenvalue weighted by Gasteiger charge is -2.70. The molecule has 0 unspecified atom stereocenters. The van der Waals surface area contributed by atoms with Crippen molar-refractivity contribution in [3.05, 3.63) is 11.6 Å². The van der Waals surface area contributed by atoms with E-state index in [1.165, 1.54) is 19.4 Å². The zero-order valence-corrected chi connectivity index (χ0v) is 28.6. The number of esters is 2. The molecule has 260 valence electrons. The molecule has 15 atom stereocenters. The van der Waals surface area contributed by atoms with E-state index in [0.717, 1.165) is 44.9 Å². The zero-order valence-electron chi connectivity index (χ0n) is 28.6. The molecule has 0 aromatic rings. The fourth-order valence-electron chi connectivity index (χ4n) is 12.1. The molecule has 4 N–H and O–H groups in total. The fourth-order valence-corrected chi connectivity index (χ4v) is 12.1. The second kappa shape index (κ2) is 11.8. The van der Waals surface area contributed by atoms with E-state index in [1.54, 1.807) is 0 Å². The molecule has 1 saturated heterocycles. The molecule has 1 heterocycles. The van der Waals surface area contributed by atoms with E-state index >= 15 is 0 Å². The van der Waals surface area contributed by atoms with Crippen molar-refractivity contribution in [3.63, 3.8) is 0 Å². The molecule has 6 rings (SSSR count). The van der Waals surface area contributed by atoms with Gasteiger partial charge in [-0.05, 0) is 85.9 Å². The number of rotatable bonds is 5. The summed E-state index contributed by atoms with van der Waals surface area (Å²) in [5.74, 6) is 0.330. The summed E-state index contributed by atoms with van der Waals surface area (Å²) in [6.45, 7) is 13.8. The van der Waals surface area contributed by atoms with E-state index in [4.69, 9.17) is 18.9 Å². The summed E-state index contributed by atoms with van der Waals surface area (Å²) >= 11 is 0. The van der Waals surface area contributed by atoms with Gasteiger partial charge in [0.2, 0.25) is 0 Å². The first-order chi connectivity index (χ1) is 21.5. The van der Waals surface area contributed by atoms with Gasteiger partial charge in [0.05, 0.1) is 12.2 Å². The summed E-state index contributed by atoms with van der Waals surface area (Å²) in [6, 6.07) is 0. The highest BCUT2D eigenvalue weighted by atomic mass is 16.7. The largest absolute Gasteiger partial charge is 0.463 e. The van der Waals surface area contributed by atoms with Crippen LogP contribution in [0.4, 0.5) is 0 Å². The first-order valence-electron chi connectivity index (χ1n) is 17.5. The number of carbonyl (C=O) groups excluding carboxylic acids is 2. The predicted molar refractivity (Wildman–Crippen MR) is 167 cm³/mol. The minimum Gasteiger partial charge on any atom is -0.463 e. The van der Waals surface area contributed by atoms with Gasteiger partial charge in [-0.3, -0.25) is 9.59 Å². The highest BCUT2D eigenvalue weighted by Gasteiger charge is 2.71. The van der Waals surface area contributed by atoms with Crippen LogP contribution in [0.15, 0.2) is 11.6 Å². The van der Waals surface area contributed by atoms with Gasteiger partial charge in [0.1, 0.15) is 37.1 Å². The van der Waals surface area contributed by atoms with Crippen LogP contribution in [0.3, 0.4) is 0 Å². The molecule has 5 fully saturated rings. The summed E-state index contributed by atoms with van der Waals surface area (Å²) in [7, 11) is 0. The van der Waals surface area contributed by atoms with Crippen molar-refractivity contribution in [2.24, 2.45) is 45.3 Å². The van der Waals surface area contributed by atoms with Gasteiger partial charge in [-0.1, -0.05) is 46.3 Å². The number of aliphatic hydroxyl groups is 4. The number of fused-ring (bicyclic) bond motifs is 4. The third kappa shape index (κ3) is 5.11. The van der Waals surface area contributed by atoms with Crippen molar-refractivity contribution < 1.29 is 49.0 Å². The van der Waals surface area contributed by atoms with Crippen molar-refractivity contribution in [1.82, 2.24) is 0 Å². The van der Waals surface area contributed by atoms with Crippen molar-refractivity contribution in [3.8, 4) is 0 Å². The van der Waals surface area contributed by atoms with E-state index < -0.39 is 48.2 Å². The number of hydrogen-bond donors (Lipinski definition) is 4. The number of hydrogen-bond acceptors (Lipinski definition) is 10. The Kier molecular flexibility index (Phi) is 8.80. The van der Waals surface area contributed by atoms with Crippen molar-refractivity contribution in [2.75, 3.05) is 6.61 Å². The van der Waals surface area contributed by atoms with Crippen LogP contribution in [0.25, 0.3) is 0 Å². The molecule has 46 heavy (non-hydrogen) atoms. The Morgan fingerprint density at radius 2 is 1.63 bits per heavy atom. The van der Waals surface area contributed by atoms with Crippen LogP contribution >= 0.6 is 0 Å². The number of ether oxygens (including phenoxy) is 4.